The molecule has 18 heavy (non-hydrogen) atoms. The van der Waals surface area contributed by atoms with E-state index in [-0.39, 0.29) is 11.9 Å². The van der Waals surface area contributed by atoms with Crippen molar-refractivity contribution in [3.8, 4) is 0 Å². The van der Waals surface area contributed by atoms with Gasteiger partial charge in [0.05, 0.1) is 25.1 Å². The molecule has 1 N–H and O–H groups in total. The predicted molar refractivity (Wildman–Crippen MR) is 67.9 cm³/mol. The first-order chi connectivity index (χ1) is 8.58. The van der Waals surface area contributed by atoms with Crippen LogP contribution in [0.2, 0.25) is 0 Å². The first-order valence-electron chi connectivity index (χ1n) is 6.54. The van der Waals surface area contributed by atoms with E-state index in [1.165, 1.54) is 4.31 Å². The number of ether oxygens (including phenoxy) is 1. The predicted octanol–water partition coefficient (Wildman–Crippen LogP) is -0.895. The third kappa shape index (κ3) is 3.89. The maximum absolute atomic E-state index is 12.1. The summed E-state index contributed by atoms with van der Waals surface area (Å²) in [4.78, 5) is 2.12. The van der Waals surface area contributed by atoms with Gasteiger partial charge in [-0.1, -0.05) is 0 Å². The molecule has 2 fully saturated rings. The molecule has 2 aliphatic rings. The van der Waals surface area contributed by atoms with Crippen LogP contribution in [0, 0.1) is 0 Å². The van der Waals surface area contributed by atoms with Crippen LogP contribution in [-0.4, -0.2) is 80.5 Å². The van der Waals surface area contributed by atoms with Crippen LogP contribution in [-0.2, 0) is 14.8 Å². The van der Waals surface area contributed by atoms with Gasteiger partial charge in [0.15, 0.2) is 0 Å². The highest BCUT2D eigenvalue weighted by molar-refractivity contribution is 7.89. The molecule has 2 rings (SSSR count). The summed E-state index contributed by atoms with van der Waals surface area (Å²) >= 11 is 0. The molecule has 0 radical (unpaired) electrons. The van der Waals surface area contributed by atoms with Gasteiger partial charge in [-0.3, -0.25) is 4.90 Å². The molecule has 0 aromatic heterocycles. The highest BCUT2D eigenvalue weighted by Gasteiger charge is 2.27. The number of morpholine rings is 1. The number of aliphatic hydroxyl groups is 1. The number of rotatable bonds is 4. The normalized spacial score (nSPS) is 25.4. The molecule has 2 heterocycles. The molecule has 2 saturated heterocycles. The lowest BCUT2D eigenvalue weighted by molar-refractivity contribution is 0.0406. The van der Waals surface area contributed by atoms with Crippen LogP contribution in [0.1, 0.15) is 12.8 Å². The van der Waals surface area contributed by atoms with Gasteiger partial charge in [-0.25, -0.2) is 12.7 Å². The van der Waals surface area contributed by atoms with Crippen LogP contribution in [0.15, 0.2) is 0 Å². The fraction of sp³-hybridized carbons (Fsp3) is 1.00. The van der Waals surface area contributed by atoms with Crippen molar-refractivity contribution in [1.82, 2.24) is 9.21 Å². The van der Waals surface area contributed by atoms with Crippen LogP contribution < -0.4 is 0 Å². The van der Waals surface area contributed by atoms with Crippen molar-refractivity contribution in [3.05, 3.63) is 0 Å². The van der Waals surface area contributed by atoms with Gasteiger partial charge in [0, 0.05) is 32.7 Å². The Bertz CT molecular complexity index is 346. The van der Waals surface area contributed by atoms with E-state index >= 15 is 0 Å². The van der Waals surface area contributed by atoms with Crippen molar-refractivity contribution in [3.63, 3.8) is 0 Å². The highest BCUT2D eigenvalue weighted by Crippen LogP contribution is 2.14. The largest absolute Gasteiger partial charge is 0.393 e. The summed E-state index contributed by atoms with van der Waals surface area (Å²) in [7, 11) is -3.17. The Hall–Kier alpha value is -0.210. The van der Waals surface area contributed by atoms with E-state index in [0.717, 1.165) is 13.1 Å². The van der Waals surface area contributed by atoms with Crippen LogP contribution in [0.5, 0.6) is 0 Å². The third-order valence-electron chi connectivity index (χ3n) is 3.59. The van der Waals surface area contributed by atoms with E-state index in [2.05, 4.69) is 4.90 Å². The maximum atomic E-state index is 12.1. The van der Waals surface area contributed by atoms with E-state index in [9.17, 15) is 13.5 Å². The van der Waals surface area contributed by atoms with Gasteiger partial charge in [-0.05, 0) is 12.8 Å². The Balaban J connectivity index is 1.79. The number of hydrogen-bond acceptors (Lipinski definition) is 5. The van der Waals surface area contributed by atoms with Crippen molar-refractivity contribution in [1.29, 1.82) is 0 Å². The maximum Gasteiger partial charge on any atom is 0.215 e. The lowest BCUT2D eigenvalue weighted by Gasteiger charge is -2.31. The number of piperidine rings is 1. The molecule has 2 aliphatic heterocycles. The molecular formula is C11H22N2O4S. The van der Waals surface area contributed by atoms with Crippen LogP contribution in [0.25, 0.3) is 0 Å². The Labute approximate surface area is 109 Å². The summed E-state index contributed by atoms with van der Waals surface area (Å²) in [6, 6.07) is 0. The molecule has 0 aliphatic carbocycles. The average Bonchev–Trinajstić information content (AvgIpc) is 2.38. The van der Waals surface area contributed by atoms with Crippen molar-refractivity contribution in [2.75, 3.05) is 51.7 Å². The summed E-state index contributed by atoms with van der Waals surface area (Å²) in [6.45, 7) is 4.48. The minimum Gasteiger partial charge on any atom is -0.393 e. The molecule has 7 heteroatoms. The van der Waals surface area contributed by atoms with Crippen molar-refractivity contribution >= 4 is 10.0 Å². The van der Waals surface area contributed by atoms with Crippen LogP contribution >= 0.6 is 0 Å². The minimum absolute atomic E-state index is 0.170. The molecule has 0 atom stereocenters. The number of nitrogens with zero attached hydrogens (tertiary/aromatic N) is 2. The van der Waals surface area contributed by atoms with Gasteiger partial charge < -0.3 is 9.84 Å². The van der Waals surface area contributed by atoms with Gasteiger partial charge >= 0.3 is 0 Å². The zero-order valence-electron chi connectivity index (χ0n) is 10.6. The topological polar surface area (TPSA) is 70.1 Å². The fourth-order valence-corrected chi connectivity index (χ4v) is 3.83. The standard InChI is InChI=1S/C11H22N2O4S/c14-11-1-3-13(4-2-11)18(15,16)10-7-12-5-8-17-9-6-12/h11,14H,1-10H2. The zero-order chi connectivity index (χ0) is 13.0. The highest BCUT2D eigenvalue weighted by atomic mass is 32.2. The van der Waals surface area contributed by atoms with Crippen LogP contribution in [0.3, 0.4) is 0 Å². The summed E-state index contributed by atoms with van der Waals surface area (Å²) in [6.07, 6.45) is 0.767. The second kappa shape index (κ2) is 6.29. The van der Waals surface area contributed by atoms with Gasteiger partial charge in [-0.2, -0.15) is 0 Å². The second-order valence-corrected chi connectivity index (χ2v) is 6.99. The van der Waals surface area contributed by atoms with Crippen molar-refractivity contribution in [2.45, 2.75) is 18.9 Å². The van der Waals surface area contributed by atoms with E-state index in [0.29, 0.717) is 45.7 Å². The first-order valence-corrected chi connectivity index (χ1v) is 8.15. The molecular weight excluding hydrogens is 256 g/mol. The van der Waals surface area contributed by atoms with Crippen molar-refractivity contribution in [2.24, 2.45) is 0 Å². The lowest BCUT2D eigenvalue weighted by Crippen LogP contribution is -2.45. The second-order valence-electron chi connectivity index (χ2n) is 4.90. The van der Waals surface area contributed by atoms with Crippen LogP contribution in [0.4, 0.5) is 0 Å². The molecule has 0 unspecified atom stereocenters. The Morgan fingerprint density at radius 1 is 1.11 bits per heavy atom. The quantitative estimate of drug-likeness (QED) is 0.722. The molecule has 6 nitrogen and oxygen atoms in total. The van der Waals surface area contributed by atoms with E-state index in [1.807, 2.05) is 0 Å². The summed E-state index contributed by atoms with van der Waals surface area (Å²) in [5.74, 6) is 0.170. The molecule has 0 amide bonds. The van der Waals surface area contributed by atoms with E-state index < -0.39 is 10.0 Å². The molecule has 106 valence electrons. The van der Waals surface area contributed by atoms with Crippen molar-refractivity contribution < 1.29 is 18.3 Å². The summed E-state index contributed by atoms with van der Waals surface area (Å²) in [5, 5.41) is 9.38. The molecule has 0 aromatic rings. The minimum atomic E-state index is -3.17. The Morgan fingerprint density at radius 2 is 1.72 bits per heavy atom. The number of aliphatic hydroxyl groups excluding tert-OH is 1. The SMILES string of the molecule is O=S(=O)(CCN1CCOCC1)N1CCC(O)CC1. The molecule has 0 aromatic carbocycles. The Kier molecular flexibility index (Phi) is 4.97. The lowest BCUT2D eigenvalue weighted by atomic mass is 10.1. The van der Waals surface area contributed by atoms with Gasteiger partial charge in [0.2, 0.25) is 10.0 Å². The molecule has 0 spiro atoms. The van der Waals surface area contributed by atoms with Gasteiger partial charge in [0.25, 0.3) is 0 Å². The summed E-state index contributed by atoms with van der Waals surface area (Å²) in [5.41, 5.74) is 0. The molecule has 0 saturated carbocycles. The smallest absolute Gasteiger partial charge is 0.215 e. The third-order valence-corrected chi connectivity index (χ3v) is 5.44. The number of hydrogen-bond donors (Lipinski definition) is 1. The van der Waals surface area contributed by atoms with Gasteiger partial charge in [-0.15, -0.1) is 0 Å². The fourth-order valence-electron chi connectivity index (χ4n) is 2.32. The average molecular weight is 278 g/mol. The van der Waals surface area contributed by atoms with Gasteiger partial charge in [0.1, 0.15) is 0 Å². The molecule has 0 bridgehead atoms. The van der Waals surface area contributed by atoms with E-state index in [1.54, 1.807) is 0 Å². The Morgan fingerprint density at radius 3 is 2.33 bits per heavy atom. The van der Waals surface area contributed by atoms with E-state index in [4.69, 9.17) is 4.74 Å². The monoisotopic (exact) mass is 278 g/mol. The zero-order valence-corrected chi connectivity index (χ0v) is 11.4. The summed E-state index contributed by atoms with van der Waals surface area (Å²) < 4.78 is 31.0. The number of sulfonamides is 1. The first kappa shape index (κ1) is 14.2.